The Balaban J connectivity index is 2.11. The number of aliphatic hydroxyl groups excluding tert-OH is 3. The molecule has 1 aliphatic carbocycles. The standard InChI is InChI=1S/C12H23NO6/c1-13(2)5-6-18-12-4-3-11(17,8(7-14)19-12)9(15)10(12)16/h8-10,14-17H,3-7H2,1-2H3/t8-,9?,10-,11?,12-/m0/s1. The van der Waals surface area contributed by atoms with Gasteiger partial charge in [0.05, 0.1) is 13.2 Å². The van der Waals surface area contributed by atoms with Gasteiger partial charge in [0.1, 0.15) is 23.9 Å². The van der Waals surface area contributed by atoms with Crippen molar-refractivity contribution in [2.24, 2.45) is 0 Å². The first-order valence-corrected chi connectivity index (χ1v) is 6.51. The molecule has 3 fully saturated rings. The molecule has 5 atom stereocenters. The van der Waals surface area contributed by atoms with Crippen LogP contribution in [0.3, 0.4) is 0 Å². The zero-order valence-electron chi connectivity index (χ0n) is 11.3. The topological polar surface area (TPSA) is 103 Å². The third-order valence-electron chi connectivity index (χ3n) is 4.09. The molecule has 3 aliphatic rings. The molecule has 7 heteroatoms. The minimum absolute atomic E-state index is 0.221. The Bertz CT molecular complexity index is 323. The maximum absolute atomic E-state index is 10.3. The van der Waals surface area contributed by atoms with Crippen LogP contribution in [0, 0.1) is 0 Å². The average Bonchev–Trinajstić information content (AvgIpc) is 2.37. The second-order valence-corrected chi connectivity index (χ2v) is 5.63. The number of aliphatic hydroxyl groups is 4. The highest BCUT2D eigenvalue weighted by atomic mass is 16.7. The highest BCUT2D eigenvalue weighted by molar-refractivity contribution is 5.11. The first-order valence-electron chi connectivity index (χ1n) is 6.51. The van der Waals surface area contributed by atoms with E-state index in [0.717, 1.165) is 0 Å². The number of nitrogens with zero attached hydrogens (tertiary/aromatic N) is 1. The molecule has 2 heterocycles. The van der Waals surface area contributed by atoms with Crippen molar-refractivity contribution in [2.45, 2.75) is 42.5 Å². The first kappa shape index (κ1) is 15.1. The molecular formula is C12H23NO6. The highest BCUT2D eigenvalue weighted by Gasteiger charge is 2.65. The fourth-order valence-electron chi connectivity index (χ4n) is 2.79. The summed E-state index contributed by atoms with van der Waals surface area (Å²) in [5.74, 6) is -1.34. The number of ether oxygens (including phenoxy) is 2. The zero-order valence-corrected chi connectivity index (χ0v) is 11.3. The molecule has 0 spiro atoms. The van der Waals surface area contributed by atoms with Crippen LogP contribution in [0.25, 0.3) is 0 Å². The van der Waals surface area contributed by atoms with Crippen molar-refractivity contribution in [1.29, 1.82) is 0 Å². The lowest BCUT2D eigenvalue weighted by Gasteiger charge is -2.58. The lowest BCUT2D eigenvalue weighted by atomic mass is 9.70. The Hall–Kier alpha value is -0.280. The highest BCUT2D eigenvalue weighted by Crippen LogP contribution is 2.47. The molecule has 2 unspecified atom stereocenters. The number of hydrogen-bond acceptors (Lipinski definition) is 7. The lowest BCUT2D eigenvalue weighted by molar-refractivity contribution is -0.417. The Morgan fingerprint density at radius 2 is 1.95 bits per heavy atom. The molecule has 3 rings (SSSR count). The maximum atomic E-state index is 10.3. The summed E-state index contributed by atoms with van der Waals surface area (Å²) < 4.78 is 11.2. The van der Waals surface area contributed by atoms with Crippen molar-refractivity contribution in [2.75, 3.05) is 33.9 Å². The van der Waals surface area contributed by atoms with Crippen LogP contribution in [0.1, 0.15) is 12.8 Å². The van der Waals surface area contributed by atoms with Gasteiger partial charge < -0.3 is 34.8 Å². The van der Waals surface area contributed by atoms with Gasteiger partial charge in [-0.15, -0.1) is 0 Å². The van der Waals surface area contributed by atoms with Crippen molar-refractivity contribution >= 4 is 0 Å². The van der Waals surface area contributed by atoms with Crippen molar-refractivity contribution < 1.29 is 29.9 Å². The summed E-state index contributed by atoms with van der Waals surface area (Å²) in [6.07, 6.45) is -3.15. The van der Waals surface area contributed by atoms with Gasteiger partial charge in [0.15, 0.2) is 5.79 Å². The number of rotatable bonds is 5. The van der Waals surface area contributed by atoms with Crippen molar-refractivity contribution in [3.63, 3.8) is 0 Å². The Kier molecular flexibility index (Phi) is 4.18. The Morgan fingerprint density at radius 3 is 2.53 bits per heavy atom. The van der Waals surface area contributed by atoms with E-state index in [2.05, 4.69) is 0 Å². The third-order valence-corrected chi connectivity index (χ3v) is 4.09. The van der Waals surface area contributed by atoms with Gasteiger partial charge >= 0.3 is 0 Å². The largest absolute Gasteiger partial charge is 0.394 e. The van der Waals surface area contributed by atoms with Gasteiger partial charge in [-0.25, -0.2) is 0 Å². The lowest BCUT2D eigenvalue weighted by Crippen LogP contribution is -2.76. The molecule has 0 amide bonds. The zero-order chi connectivity index (χ0) is 14.3. The van der Waals surface area contributed by atoms with Crippen molar-refractivity contribution in [3.05, 3.63) is 0 Å². The summed E-state index contributed by atoms with van der Waals surface area (Å²) >= 11 is 0. The van der Waals surface area contributed by atoms with Gasteiger partial charge in [-0.1, -0.05) is 0 Å². The van der Waals surface area contributed by atoms with Crippen LogP contribution in [-0.2, 0) is 9.47 Å². The molecule has 2 aliphatic heterocycles. The van der Waals surface area contributed by atoms with Crippen LogP contribution in [0.15, 0.2) is 0 Å². The average molecular weight is 277 g/mol. The summed E-state index contributed by atoms with van der Waals surface area (Å²) in [7, 11) is 3.79. The molecule has 4 N–H and O–H groups in total. The maximum Gasteiger partial charge on any atom is 0.197 e. The molecule has 7 nitrogen and oxygen atoms in total. The van der Waals surface area contributed by atoms with E-state index in [0.29, 0.717) is 13.2 Å². The summed E-state index contributed by atoms with van der Waals surface area (Å²) in [6, 6.07) is 0. The number of fused-ring (bicyclic) bond motifs is 3. The van der Waals surface area contributed by atoms with Crippen LogP contribution >= 0.6 is 0 Å². The van der Waals surface area contributed by atoms with Crippen molar-refractivity contribution in [1.82, 2.24) is 4.90 Å². The summed E-state index contributed by atoms with van der Waals surface area (Å²) in [4.78, 5) is 1.92. The number of hydrogen-bond donors (Lipinski definition) is 4. The van der Waals surface area contributed by atoms with Gasteiger partial charge in [0.2, 0.25) is 0 Å². The predicted molar refractivity (Wildman–Crippen MR) is 65.4 cm³/mol. The summed E-state index contributed by atoms with van der Waals surface area (Å²) in [5, 5.41) is 39.7. The summed E-state index contributed by atoms with van der Waals surface area (Å²) in [6.45, 7) is 0.536. The van der Waals surface area contributed by atoms with Crippen LogP contribution in [0.5, 0.6) is 0 Å². The number of likely N-dealkylation sites (N-methyl/N-ethyl adjacent to an activating group) is 1. The summed E-state index contributed by atoms with van der Waals surface area (Å²) in [5.41, 5.74) is -1.61. The van der Waals surface area contributed by atoms with Crippen LogP contribution < -0.4 is 0 Å². The Morgan fingerprint density at radius 1 is 1.26 bits per heavy atom. The van der Waals surface area contributed by atoms with Gasteiger partial charge in [0.25, 0.3) is 0 Å². The first-order chi connectivity index (χ1) is 8.85. The van der Waals surface area contributed by atoms with Gasteiger partial charge in [-0.3, -0.25) is 0 Å². The quantitative estimate of drug-likeness (QED) is 0.456. The monoisotopic (exact) mass is 277 g/mol. The van der Waals surface area contributed by atoms with Gasteiger partial charge in [0, 0.05) is 13.0 Å². The molecule has 2 bridgehead atoms. The minimum Gasteiger partial charge on any atom is -0.394 e. The van der Waals surface area contributed by atoms with Gasteiger partial charge in [-0.05, 0) is 20.5 Å². The smallest absolute Gasteiger partial charge is 0.197 e. The second kappa shape index (κ2) is 5.25. The molecule has 1 saturated carbocycles. The van der Waals surface area contributed by atoms with Gasteiger partial charge in [-0.2, -0.15) is 0 Å². The fraction of sp³-hybridized carbons (Fsp3) is 1.00. The fourth-order valence-corrected chi connectivity index (χ4v) is 2.79. The van der Waals surface area contributed by atoms with Crippen molar-refractivity contribution in [3.8, 4) is 0 Å². The van der Waals surface area contributed by atoms with E-state index in [1.54, 1.807) is 0 Å². The van der Waals surface area contributed by atoms with E-state index in [1.165, 1.54) is 0 Å². The normalized spacial score (nSPS) is 45.9. The Labute approximate surface area is 112 Å². The van der Waals surface area contributed by atoms with Crippen LogP contribution in [0.2, 0.25) is 0 Å². The molecular weight excluding hydrogens is 254 g/mol. The molecule has 2 saturated heterocycles. The van der Waals surface area contributed by atoms with E-state index in [1.807, 2.05) is 19.0 Å². The SMILES string of the molecule is CN(C)CCO[C@]12CCC(O)(C(O)[C@@H]1O)[C@H](CO)O2. The molecule has 0 radical (unpaired) electrons. The third kappa shape index (κ3) is 2.40. The van der Waals surface area contributed by atoms with E-state index < -0.39 is 36.3 Å². The van der Waals surface area contributed by atoms with Crippen LogP contribution in [0.4, 0.5) is 0 Å². The molecule has 19 heavy (non-hydrogen) atoms. The predicted octanol–water partition coefficient (Wildman–Crippen LogP) is -2.10. The molecule has 112 valence electrons. The second-order valence-electron chi connectivity index (χ2n) is 5.63. The van der Waals surface area contributed by atoms with E-state index in [4.69, 9.17) is 9.47 Å². The van der Waals surface area contributed by atoms with E-state index in [-0.39, 0.29) is 12.8 Å². The molecule has 0 aromatic rings. The van der Waals surface area contributed by atoms with E-state index >= 15 is 0 Å². The molecule has 0 aromatic carbocycles. The van der Waals surface area contributed by atoms with E-state index in [9.17, 15) is 20.4 Å². The molecule has 0 aromatic heterocycles. The minimum atomic E-state index is -1.61. The van der Waals surface area contributed by atoms with Crippen LogP contribution in [-0.4, -0.2) is 88.9 Å².